The van der Waals surface area contributed by atoms with Gasteiger partial charge in [0.25, 0.3) is 0 Å². The molecule has 0 saturated heterocycles. The Kier molecular flexibility index (Phi) is 1.65. The number of hydrogen-bond acceptors (Lipinski definition) is 2. The van der Waals surface area contributed by atoms with Crippen LogP contribution >= 0.6 is 0 Å². The van der Waals surface area contributed by atoms with E-state index < -0.39 is 5.97 Å². The minimum Gasteiger partial charge on any atom is -0.476 e. The second kappa shape index (κ2) is 2.81. The van der Waals surface area contributed by atoms with Gasteiger partial charge in [0.15, 0.2) is 5.69 Å². The van der Waals surface area contributed by atoms with Gasteiger partial charge in [0.1, 0.15) is 17.7 Å². The number of carboxylic acids is 1. The number of fused-ring (bicyclic) bond motifs is 1. The van der Waals surface area contributed by atoms with Gasteiger partial charge in [-0.3, -0.25) is 0 Å². The Bertz CT molecular complexity index is 419. The molecule has 1 aromatic heterocycles. The molecule has 1 aromatic rings. The third-order valence-electron chi connectivity index (χ3n) is 1.81. The predicted molar refractivity (Wildman–Crippen MR) is 47.9 cm³/mol. The van der Waals surface area contributed by atoms with Crippen LogP contribution in [0.1, 0.15) is 21.6 Å². The zero-order valence-electron chi connectivity index (χ0n) is 6.69. The zero-order chi connectivity index (χ0) is 9.26. The highest BCUT2D eigenvalue weighted by atomic mass is 16.4. The van der Waals surface area contributed by atoms with Crippen LogP contribution in [0.5, 0.6) is 0 Å². The molecule has 0 saturated carbocycles. The van der Waals surface area contributed by atoms with Gasteiger partial charge < -0.3 is 5.11 Å². The van der Waals surface area contributed by atoms with Gasteiger partial charge in [-0.25, -0.2) is 9.78 Å². The predicted octanol–water partition coefficient (Wildman–Crippen LogP) is 1.62. The van der Waals surface area contributed by atoms with Crippen molar-refractivity contribution >= 4 is 18.1 Å². The molecule has 0 bridgehead atoms. The highest BCUT2D eigenvalue weighted by molar-refractivity contribution is 5.92. The molecule has 3 heteroatoms. The Morgan fingerprint density at radius 2 is 2.38 bits per heavy atom. The first-order valence-electron chi connectivity index (χ1n) is 3.77. The van der Waals surface area contributed by atoms with E-state index in [4.69, 9.17) is 5.11 Å². The first-order chi connectivity index (χ1) is 6.29. The van der Waals surface area contributed by atoms with Gasteiger partial charge in [-0.15, -0.1) is 0 Å². The number of allylic oxidation sites excluding steroid dienone is 2. The molecule has 0 aromatic carbocycles. The highest BCUT2D eigenvalue weighted by Gasteiger charge is 2.19. The molecular formula is C10H6NO2+. The van der Waals surface area contributed by atoms with Crippen LogP contribution in [-0.4, -0.2) is 16.1 Å². The van der Waals surface area contributed by atoms with E-state index in [0.29, 0.717) is 5.56 Å². The van der Waals surface area contributed by atoms with Crippen molar-refractivity contribution in [3.05, 3.63) is 41.2 Å². The summed E-state index contributed by atoms with van der Waals surface area (Å²) < 4.78 is 0. The quantitative estimate of drug-likeness (QED) is 0.655. The van der Waals surface area contributed by atoms with Crippen molar-refractivity contribution in [3.8, 4) is 0 Å². The summed E-state index contributed by atoms with van der Waals surface area (Å²) in [6.45, 7) is 0. The topological polar surface area (TPSA) is 50.2 Å². The fourth-order valence-electron chi connectivity index (χ4n) is 1.23. The highest BCUT2D eigenvalue weighted by Crippen LogP contribution is 2.19. The van der Waals surface area contributed by atoms with E-state index in [1.54, 1.807) is 24.3 Å². The third-order valence-corrected chi connectivity index (χ3v) is 1.81. The normalized spacial score (nSPS) is 12.0. The maximum atomic E-state index is 10.7. The smallest absolute Gasteiger partial charge is 0.357 e. The number of pyridine rings is 1. The fraction of sp³-hybridized carbons (Fsp3) is 0. The Balaban J connectivity index is 2.67. The molecule has 0 unspecified atom stereocenters. The summed E-state index contributed by atoms with van der Waals surface area (Å²) in [5.74, 6) is -1.00. The minimum absolute atomic E-state index is 0.0894. The summed E-state index contributed by atoms with van der Waals surface area (Å²) in [5, 5.41) is 8.81. The van der Waals surface area contributed by atoms with Gasteiger partial charge in [0, 0.05) is 18.3 Å². The van der Waals surface area contributed by atoms with E-state index >= 15 is 0 Å². The molecule has 2 rings (SSSR count). The summed E-state index contributed by atoms with van der Waals surface area (Å²) in [5.41, 5.74) is 1.58. The number of nitrogens with zero attached hydrogens (tertiary/aromatic N) is 1. The van der Waals surface area contributed by atoms with Crippen LogP contribution < -0.4 is 0 Å². The molecule has 3 nitrogen and oxygen atoms in total. The Labute approximate surface area is 75.0 Å². The van der Waals surface area contributed by atoms with Crippen LogP contribution in [0.3, 0.4) is 0 Å². The van der Waals surface area contributed by atoms with Gasteiger partial charge in [-0.05, 0) is 0 Å². The average Bonchev–Trinajstić information content (AvgIpc) is 2.17. The van der Waals surface area contributed by atoms with Crippen molar-refractivity contribution in [3.63, 3.8) is 0 Å². The Morgan fingerprint density at radius 1 is 1.54 bits per heavy atom. The minimum atomic E-state index is -1.00. The van der Waals surface area contributed by atoms with Crippen molar-refractivity contribution in [1.29, 1.82) is 0 Å². The molecule has 0 spiro atoms. The van der Waals surface area contributed by atoms with E-state index in [1.807, 2.05) is 0 Å². The second-order valence-electron chi connectivity index (χ2n) is 2.61. The molecule has 0 amide bonds. The molecule has 13 heavy (non-hydrogen) atoms. The first-order valence-corrected chi connectivity index (χ1v) is 3.77. The molecular weight excluding hydrogens is 166 g/mol. The second-order valence-corrected chi connectivity index (χ2v) is 2.61. The SMILES string of the molecule is O=C(O)c1nccc2c1C=C[C+]=C2. The maximum absolute atomic E-state index is 10.7. The van der Waals surface area contributed by atoms with Crippen molar-refractivity contribution in [2.24, 2.45) is 0 Å². The van der Waals surface area contributed by atoms with E-state index in [2.05, 4.69) is 11.1 Å². The number of carboxylic acid groups (broad SMARTS) is 1. The summed E-state index contributed by atoms with van der Waals surface area (Å²) in [4.78, 5) is 14.5. The van der Waals surface area contributed by atoms with Gasteiger partial charge in [-0.1, -0.05) is 0 Å². The Hall–Kier alpha value is -1.99. The number of rotatable bonds is 1. The molecule has 0 fully saturated rings. The molecule has 1 aliphatic rings. The number of aromatic carboxylic acids is 1. The lowest BCUT2D eigenvalue weighted by atomic mass is 10.0. The van der Waals surface area contributed by atoms with E-state index in [1.165, 1.54) is 6.20 Å². The Morgan fingerprint density at radius 3 is 3.15 bits per heavy atom. The lowest BCUT2D eigenvalue weighted by Gasteiger charge is -1.98. The zero-order valence-corrected chi connectivity index (χ0v) is 6.69. The van der Waals surface area contributed by atoms with Crippen LogP contribution in [0.25, 0.3) is 12.2 Å². The molecule has 0 atom stereocenters. The lowest BCUT2D eigenvalue weighted by Crippen LogP contribution is -2.05. The summed E-state index contributed by atoms with van der Waals surface area (Å²) in [7, 11) is 0. The van der Waals surface area contributed by atoms with Crippen molar-refractivity contribution in [2.45, 2.75) is 0 Å². The summed E-state index contributed by atoms with van der Waals surface area (Å²) in [6.07, 6.45) is 9.48. The van der Waals surface area contributed by atoms with Crippen LogP contribution in [0.4, 0.5) is 0 Å². The molecule has 0 aliphatic heterocycles. The van der Waals surface area contributed by atoms with Crippen LogP contribution in [-0.2, 0) is 0 Å². The van der Waals surface area contributed by atoms with Crippen molar-refractivity contribution < 1.29 is 9.90 Å². The van der Waals surface area contributed by atoms with Crippen molar-refractivity contribution in [1.82, 2.24) is 4.98 Å². The monoisotopic (exact) mass is 172 g/mol. The fourth-order valence-corrected chi connectivity index (χ4v) is 1.23. The standard InChI is InChI=1S/C10H5NO2/c12-10(13)9-8-4-2-1-3-7(8)5-6-11-9/h2-6H/p+1. The van der Waals surface area contributed by atoms with E-state index in [9.17, 15) is 4.79 Å². The van der Waals surface area contributed by atoms with Gasteiger partial charge in [-0.2, -0.15) is 0 Å². The number of carbonyl (C=O) groups is 1. The summed E-state index contributed by atoms with van der Waals surface area (Å²) >= 11 is 0. The molecule has 1 aliphatic carbocycles. The first kappa shape index (κ1) is 7.65. The van der Waals surface area contributed by atoms with Gasteiger partial charge >= 0.3 is 5.97 Å². The van der Waals surface area contributed by atoms with Crippen LogP contribution in [0.2, 0.25) is 0 Å². The summed E-state index contributed by atoms with van der Waals surface area (Å²) in [6, 6.07) is 1.76. The van der Waals surface area contributed by atoms with Gasteiger partial charge in [0.2, 0.25) is 0 Å². The molecule has 1 N–H and O–H groups in total. The average molecular weight is 172 g/mol. The molecule has 0 radical (unpaired) electrons. The number of aromatic nitrogens is 1. The van der Waals surface area contributed by atoms with Gasteiger partial charge in [0.05, 0.1) is 11.6 Å². The maximum Gasteiger partial charge on any atom is 0.357 e. The van der Waals surface area contributed by atoms with Crippen molar-refractivity contribution in [2.75, 3.05) is 0 Å². The number of hydrogen-bond donors (Lipinski definition) is 1. The van der Waals surface area contributed by atoms with E-state index in [-0.39, 0.29) is 5.69 Å². The third kappa shape index (κ3) is 1.21. The van der Waals surface area contributed by atoms with E-state index in [0.717, 1.165) is 5.56 Å². The van der Waals surface area contributed by atoms with Crippen LogP contribution in [0.15, 0.2) is 18.3 Å². The lowest BCUT2D eigenvalue weighted by molar-refractivity contribution is 0.0690. The molecule has 1 heterocycles. The molecule has 62 valence electrons. The largest absolute Gasteiger partial charge is 0.476 e. The van der Waals surface area contributed by atoms with Crippen LogP contribution in [0, 0.1) is 6.08 Å².